The predicted octanol–water partition coefficient (Wildman–Crippen LogP) is 2.84. The van der Waals surface area contributed by atoms with E-state index in [0.29, 0.717) is 13.2 Å². The molecular formula is C18H29NO3. The Morgan fingerprint density at radius 2 is 2.05 bits per heavy atom. The second-order valence-corrected chi connectivity index (χ2v) is 6.71. The van der Waals surface area contributed by atoms with Gasteiger partial charge in [0.1, 0.15) is 12.4 Å². The van der Waals surface area contributed by atoms with Crippen LogP contribution in [0.3, 0.4) is 0 Å². The van der Waals surface area contributed by atoms with Crippen LogP contribution in [0.25, 0.3) is 0 Å². The van der Waals surface area contributed by atoms with Gasteiger partial charge in [-0.1, -0.05) is 19.1 Å². The Labute approximate surface area is 134 Å². The summed E-state index contributed by atoms with van der Waals surface area (Å²) in [5.74, 6) is 0.893. The summed E-state index contributed by atoms with van der Waals surface area (Å²) >= 11 is 0. The molecule has 1 unspecified atom stereocenters. The second-order valence-electron chi connectivity index (χ2n) is 6.71. The van der Waals surface area contributed by atoms with Crippen LogP contribution in [0.15, 0.2) is 24.3 Å². The van der Waals surface area contributed by atoms with E-state index < -0.39 is 5.60 Å². The van der Waals surface area contributed by atoms with Crippen molar-refractivity contribution in [2.45, 2.75) is 51.9 Å². The van der Waals surface area contributed by atoms with Crippen LogP contribution >= 0.6 is 0 Å². The summed E-state index contributed by atoms with van der Waals surface area (Å²) in [7, 11) is 0. The molecule has 1 aliphatic heterocycles. The van der Waals surface area contributed by atoms with Gasteiger partial charge in [0.2, 0.25) is 0 Å². The number of ether oxygens (including phenoxy) is 2. The van der Waals surface area contributed by atoms with Gasteiger partial charge in [-0.25, -0.2) is 0 Å². The zero-order chi connectivity index (χ0) is 16.0. The molecule has 0 radical (unpaired) electrons. The van der Waals surface area contributed by atoms with Crippen molar-refractivity contribution >= 4 is 0 Å². The normalized spacial score (nSPS) is 18.9. The van der Waals surface area contributed by atoms with Crippen LogP contribution < -0.4 is 4.74 Å². The minimum atomic E-state index is -0.666. The molecular weight excluding hydrogens is 278 g/mol. The highest BCUT2D eigenvalue weighted by Crippen LogP contribution is 2.18. The van der Waals surface area contributed by atoms with Crippen LogP contribution in [-0.2, 0) is 11.3 Å². The minimum absolute atomic E-state index is 0.252. The largest absolute Gasteiger partial charge is 0.491 e. The highest BCUT2D eigenvalue weighted by molar-refractivity contribution is 5.27. The third-order valence-corrected chi connectivity index (χ3v) is 3.85. The van der Waals surface area contributed by atoms with Gasteiger partial charge in [0.25, 0.3) is 0 Å². The van der Waals surface area contributed by atoms with E-state index in [9.17, 15) is 5.11 Å². The predicted molar refractivity (Wildman–Crippen MR) is 88.2 cm³/mol. The Morgan fingerprint density at radius 3 is 2.59 bits per heavy atom. The Hall–Kier alpha value is -1.10. The summed E-state index contributed by atoms with van der Waals surface area (Å²) in [5.41, 5.74) is 0.566. The molecule has 0 aromatic heterocycles. The molecule has 1 N–H and O–H groups in total. The number of benzene rings is 1. The topological polar surface area (TPSA) is 41.9 Å². The Bertz CT molecular complexity index is 433. The lowest BCUT2D eigenvalue weighted by Gasteiger charge is -2.28. The van der Waals surface area contributed by atoms with E-state index in [4.69, 9.17) is 9.47 Å². The Morgan fingerprint density at radius 1 is 1.32 bits per heavy atom. The standard InChI is InChI=1S/C18H29NO3/c1-4-19(14-18(2,3)20)12-15-7-9-16(10-8-15)22-13-17-6-5-11-21-17/h7-10,17,20H,4-6,11-14H2,1-3H3. The van der Waals surface area contributed by atoms with Crippen molar-refractivity contribution in [1.29, 1.82) is 0 Å². The van der Waals surface area contributed by atoms with Gasteiger partial charge in [0.05, 0.1) is 11.7 Å². The van der Waals surface area contributed by atoms with Gasteiger partial charge in [0, 0.05) is 19.7 Å². The monoisotopic (exact) mass is 307 g/mol. The quantitative estimate of drug-likeness (QED) is 0.802. The summed E-state index contributed by atoms with van der Waals surface area (Å²) in [6.07, 6.45) is 2.49. The molecule has 1 saturated heterocycles. The lowest BCUT2D eigenvalue weighted by atomic mass is 10.1. The van der Waals surface area contributed by atoms with Gasteiger partial charge in [-0.05, 0) is 50.9 Å². The van der Waals surface area contributed by atoms with Gasteiger partial charge in [-0.2, -0.15) is 0 Å². The van der Waals surface area contributed by atoms with E-state index >= 15 is 0 Å². The molecule has 1 aliphatic rings. The molecule has 1 fully saturated rings. The van der Waals surface area contributed by atoms with Crippen LogP contribution in [0.4, 0.5) is 0 Å². The highest BCUT2D eigenvalue weighted by atomic mass is 16.5. The Balaban J connectivity index is 1.82. The van der Waals surface area contributed by atoms with Crippen molar-refractivity contribution in [3.8, 4) is 5.75 Å². The Kier molecular flexibility index (Phi) is 6.24. The van der Waals surface area contributed by atoms with Crippen LogP contribution in [0.1, 0.15) is 39.2 Å². The van der Waals surface area contributed by atoms with Gasteiger partial charge in [-0.15, -0.1) is 0 Å². The molecule has 2 rings (SSSR count). The van der Waals surface area contributed by atoms with Crippen molar-refractivity contribution < 1.29 is 14.6 Å². The van der Waals surface area contributed by atoms with Crippen LogP contribution in [0.5, 0.6) is 5.75 Å². The molecule has 0 aliphatic carbocycles. The van der Waals surface area contributed by atoms with Crippen molar-refractivity contribution in [2.75, 3.05) is 26.3 Å². The van der Waals surface area contributed by atoms with E-state index in [2.05, 4.69) is 24.0 Å². The van der Waals surface area contributed by atoms with Crippen LogP contribution in [0.2, 0.25) is 0 Å². The van der Waals surface area contributed by atoms with Crippen molar-refractivity contribution in [3.05, 3.63) is 29.8 Å². The maximum absolute atomic E-state index is 9.94. The fourth-order valence-corrected chi connectivity index (χ4v) is 2.74. The average Bonchev–Trinajstić information content (AvgIpc) is 2.97. The van der Waals surface area contributed by atoms with E-state index in [-0.39, 0.29) is 6.10 Å². The molecule has 0 bridgehead atoms. The van der Waals surface area contributed by atoms with E-state index in [1.54, 1.807) is 0 Å². The van der Waals surface area contributed by atoms with Gasteiger partial charge < -0.3 is 14.6 Å². The molecule has 0 spiro atoms. The fourth-order valence-electron chi connectivity index (χ4n) is 2.74. The van der Waals surface area contributed by atoms with Crippen LogP contribution in [-0.4, -0.2) is 48.0 Å². The molecule has 22 heavy (non-hydrogen) atoms. The zero-order valence-corrected chi connectivity index (χ0v) is 14.0. The highest BCUT2D eigenvalue weighted by Gasteiger charge is 2.18. The summed E-state index contributed by atoms with van der Waals surface area (Å²) in [6, 6.07) is 8.22. The van der Waals surface area contributed by atoms with E-state index in [0.717, 1.165) is 38.3 Å². The third kappa shape index (κ3) is 5.95. The third-order valence-electron chi connectivity index (χ3n) is 3.85. The number of hydrogen-bond acceptors (Lipinski definition) is 4. The van der Waals surface area contributed by atoms with Gasteiger partial charge >= 0.3 is 0 Å². The SMILES string of the molecule is CCN(Cc1ccc(OCC2CCCO2)cc1)CC(C)(C)O. The van der Waals surface area contributed by atoms with Gasteiger partial charge in [0.15, 0.2) is 0 Å². The van der Waals surface area contributed by atoms with Crippen molar-refractivity contribution in [1.82, 2.24) is 4.90 Å². The minimum Gasteiger partial charge on any atom is -0.491 e. The van der Waals surface area contributed by atoms with Gasteiger partial charge in [-0.3, -0.25) is 4.90 Å². The zero-order valence-electron chi connectivity index (χ0n) is 14.0. The molecule has 1 heterocycles. The summed E-state index contributed by atoms with van der Waals surface area (Å²) in [6.45, 7) is 9.73. The summed E-state index contributed by atoms with van der Waals surface area (Å²) in [4.78, 5) is 2.24. The van der Waals surface area contributed by atoms with E-state index in [1.165, 1.54) is 5.56 Å². The second kappa shape index (κ2) is 7.95. The number of hydrogen-bond donors (Lipinski definition) is 1. The molecule has 0 saturated carbocycles. The first-order chi connectivity index (χ1) is 10.5. The first-order valence-corrected chi connectivity index (χ1v) is 8.24. The van der Waals surface area contributed by atoms with Crippen LogP contribution in [0, 0.1) is 0 Å². The lowest BCUT2D eigenvalue weighted by molar-refractivity contribution is 0.0353. The maximum atomic E-state index is 9.94. The molecule has 1 aromatic rings. The molecule has 4 heteroatoms. The number of likely N-dealkylation sites (N-methyl/N-ethyl adjacent to an activating group) is 1. The average molecular weight is 307 g/mol. The maximum Gasteiger partial charge on any atom is 0.119 e. The number of rotatable bonds is 8. The molecule has 4 nitrogen and oxygen atoms in total. The van der Waals surface area contributed by atoms with Crippen molar-refractivity contribution in [3.63, 3.8) is 0 Å². The number of nitrogens with zero attached hydrogens (tertiary/aromatic N) is 1. The molecule has 1 aromatic carbocycles. The molecule has 124 valence electrons. The first kappa shape index (κ1) is 17.3. The molecule has 1 atom stereocenters. The van der Waals surface area contributed by atoms with Crippen molar-refractivity contribution in [2.24, 2.45) is 0 Å². The summed E-state index contributed by atoms with van der Waals surface area (Å²) in [5, 5.41) is 9.94. The fraction of sp³-hybridized carbons (Fsp3) is 0.667. The lowest BCUT2D eigenvalue weighted by Crippen LogP contribution is -2.38. The smallest absolute Gasteiger partial charge is 0.119 e. The van der Waals surface area contributed by atoms with E-state index in [1.807, 2.05) is 26.0 Å². The number of aliphatic hydroxyl groups is 1. The first-order valence-electron chi connectivity index (χ1n) is 8.24. The molecule has 0 amide bonds. The summed E-state index contributed by atoms with van der Waals surface area (Å²) < 4.78 is 11.3.